The Balaban J connectivity index is 1.09. The number of hydrogen-bond acceptors (Lipinski definition) is 6. The molecule has 36 heavy (non-hydrogen) atoms. The number of amides is 2. The number of piperidine rings is 1. The third-order valence-electron chi connectivity index (χ3n) is 8.67. The lowest BCUT2D eigenvalue weighted by Crippen LogP contribution is -2.53. The predicted molar refractivity (Wildman–Crippen MR) is 128 cm³/mol. The van der Waals surface area contributed by atoms with E-state index in [2.05, 4.69) is 20.5 Å². The van der Waals surface area contributed by atoms with Crippen molar-refractivity contribution < 1.29 is 23.5 Å². The van der Waals surface area contributed by atoms with Gasteiger partial charge in [0.2, 0.25) is 11.8 Å². The third-order valence-corrected chi connectivity index (χ3v) is 8.67. The van der Waals surface area contributed by atoms with Crippen molar-refractivity contribution in [1.82, 2.24) is 25.4 Å². The van der Waals surface area contributed by atoms with Gasteiger partial charge in [0.15, 0.2) is 11.5 Å². The number of nitrogens with one attached hydrogen (secondary N) is 2. The molecule has 5 heterocycles. The van der Waals surface area contributed by atoms with Gasteiger partial charge in [0.05, 0.1) is 31.2 Å². The number of pyridine rings is 1. The Hall–Kier alpha value is -3.01. The van der Waals surface area contributed by atoms with Crippen molar-refractivity contribution in [1.29, 1.82) is 0 Å². The molecule has 3 aliphatic heterocycles. The van der Waals surface area contributed by atoms with Crippen LogP contribution in [-0.4, -0.2) is 69.3 Å². The monoisotopic (exact) mass is 497 g/mol. The van der Waals surface area contributed by atoms with Gasteiger partial charge in [-0.05, 0) is 63.9 Å². The summed E-state index contributed by atoms with van der Waals surface area (Å²) in [4.78, 5) is 32.3. The van der Waals surface area contributed by atoms with Crippen molar-refractivity contribution in [2.24, 2.45) is 5.92 Å². The number of aromatic nitrogens is 3. The van der Waals surface area contributed by atoms with Crippen molar-refractivity contribution in [2.45, 2.75) is 81.5 Å². The minimum atomic E-state index is -0.529. The Bertz CT molecular complexity index is 1140. The molecule has 3 atom stereocenters. The van der Waals surface area contributed by atoms with Gasteiger partial charge in [0.1, 0.15) is 0 Å². The van der Waals surface area contributed by atoms with Crippen molar-refractivity contribution in [3.8, 4) is 17.1 Å². The van der Waals surface area contributed by atoms with E-state index in [9.17, 15) is 14.0 Å². The first-order chi connectivity index (χ1) is 17.4. The number of methoxy groups -OCH3 is 1. The predicted octanol–water partition coefficient (Wildman–Crippen LogP) is 3.22. The molecule has 2 aromatic heterocycles. The number of hydrogen-bond donors (Lipinski definition) is 2. The van der Waals surface area contributed by atoms with E-state index in [1.807, 2.05) is 4.90 Å². The molecule has 0 aromatic carbocycles. The number of nitrogens with zero attached hydrogens (tertiary/aromatic N) is 3. The number of rotatable bonds is 5. The molecule has 2 aromatic rings. The zero-order valence-electron chi connectivity index (χ0n) is 20.5. The molecule has 2 amide bonds. The third kappa shape index (κ3) is 4.15. The molecule has 1 saturated carbocycles. The van der Waals surface area contributed by atoms with Crippen LogP contribution in [0.4, 0.5) is 4.39 Å². The number of H-pyrrole nitrogens is 1. The number of fused-ring (bicyclic) bond motifs is 2. The van der Waals surface area contributed by atoms with E-state index in [1.54, 1.807) is 6.07 Å². The normalized spacial score (nSPS) is 31.2. The smallest absolute Gasteiger partial charge is 0.274 e. The van der Waals surface area contributed by atoms with Gasteiger partial charge in [0.25, 0.3) is 5.91 Å². The van der Waals surface area contributed by atoms with E-state index in [1.165, 1.54) is 13.2 Å². The minimum Gasteiger partial charge on any atom is -0.481 e. The van der Waals surface area contributed by atoms with E-state index in [4.69, 9.17) is 9.47 Å². The molecule has 192 valence electrons. The number of carbonyl (C=O) groups is 2. The Labute approximate surface area is 209 Å². The van der Waals surface area contributed by atoms with E-state index in [0.717, 1.165) is 57.7 Å². The fourth-order valence-electron chi connectivity index (χ4n) is 6.55. The number of aromatic amines is 1. The summed E-state index contributed by atoms with van der Waals surface area (Å²) in [6.45, 7) is 0.867. The second kappa shape index (κ2) is 9.14. The number of ether oxygens (including phenoxy) is 2. The van der Waals surface area contributed by atoms with Crippen LogP contribution in [0.25, 0.3) is 11.3 Å². The highest BCUT2D eigenvalue weighted by atomic mass is 19.1. The Kier molecular flexibility index (Phi) is 5.94. The second-order valence-corrected chi connectivity index (χ2v) is 10.7. The first kappa shape index (κ1) is 23.4. The molecule has 2 N–H and O–H groups in total. The molecule has 4 aliphatic rings. The van der Waals surface area contributed by atoms with Crippen molar-refractivity contribution in [3.05, 3.63) is 29.8 Å². The summed E-state index contributed by atoms with van der Waals surface area (Å²) in [5.41, 5.74) is 0.964. The number of halogens is 1. The van der Waals surface area contributed by atoms with Crippen molar-refractivity contribution in [2.75, 3.05) is 13.7 Å². The van der Waals surface area contributed by atoms with Crippen LogP contribution in [-0.2, 0) is 9.53 Å². The highest BCUT2D eigenvalue weighted by molar-refractivity contribution is 5.94. The summed E-state index contributed by atoms with van der Waals surface area (Å²) < 4.78 is 25.2. The van der Waals surface area contributed by atoms with E-state index < -0.39 is 5.82 Å². The average Bonchev–Trinajstić information content (AvgIpc) is 3.46. The topological polar surface area (TPSA) is 109 Å². The SMILES string of the molecule is COc1cc(-c2cc(C(=O)N3[C@@H]4CC[C@H]3CC(C(=O)NC3CCC5(CCO5)CC3)C4)n[nH]2)c(F)cn1. The molecule has 2 bridgehead atoms. The fraction of sp³-hybridized carbons (Fsp3) is 0.615. The second-order valence-electron chi connectivity index (χ2n) is 10.7. The summed E-state index contributed by atoms with van der Waals surface area (Å²) in [6.07, 6.45) is 9.33. The van der Waals surface area contributed by atoms with Gasteiger partial charge in [-0.3, -0.25) is 14.7 Å². The van der Waals surface area contributed by atoms with Gasteiger partial charge in [-0.25, -0.2) is 9.37 Å². The Morgan fingerprint density at radius 2 is 1.89 bits per heavy atom. The fourth-order valence-corrected chi connectivity index (χ4v) is 6.55. The highest BCUT2D eigenvalue weighted by Crippen LogP contribution is 2.42. The van der Waals surface area contributed by atoms with E-state index >= 15 is 0 Å². The van der Waals surface area contributed by atoms with Crippen LogP contribution >= 0.6 is 0 Å². The van der Waals surface area contributed by atoms with Crippen LogP contribution in [0, 0.1) is 11.7 Å². The molecule has 1 spiro atoms. The van der Waals surface area contributed by atoms with Crippen LogP contribution in [0.1, 0.15) is 68.3 Å². The summed E-state index contributed by atoms with van der Waals surface area (Å²) in [5.74, 6) is -0.382. The van der Waals surface area contributed by atoms with Crippen LogP contribution in [0.2, 0.25) is 0 Å². The van der Waals surface area contributed by atoms with Gasteiger partial charge >= 0.3 is 0 Å². The highest BCUT2D eigenvalue weighted by Gasteiger charge is 2.47. The summed E-state index contributed by atoms with van der Waals surface area (Å²) in [7, 11) is 1.46. The lowest BCUT2D eigenvalue weighted by molar-refractivity contribution is -0.168. The summed E-state index contributed by atoms with van der Waals surface area (Å²) >= 11 is 0. The zero-order valence-corrected chi connectivity index (χ0v) is 20.5. The summed E-state index contributed by atoms with van der Waals surface area (Å²) in [5, 5.41) is 10.2. The minimum absolute atomic E-state index is 0.0166. The van der Waals surface area contributed by atoms with E-state index in [-0.39, 0.29) is 58.6 Å². The molecule has 3 saturated heterocycles. The number of carbonyl (C=O) groups excluding carboxylic acids is 2. The molecule has 4 fully saturated rings. The standard InChI is InChI=1S/C26H32FN5O4/c1-35-23-12-19(20(27)14-28-23)21-13-22(31-30-21)25(34)32-17-2-3-18(32)11-15(10-17)24(33)29-16-4-6-26(7-5-16)8-9-36-26/h12-18H,2-11H2,1H3,(H,29,33)(H,30,31)/t15?,16?,17-,18+,26?. The zero-order chi connectivity index (χ0) is 24.9. The van der Waals surface area contributed by atoms with Gasteiger partial charge in [-0.2, -0.15) is 5.10 Å². The maximum Gasteiger partial charge on any atom is 0.274 e. The molecule has 6 rings (SSSR count). The first-order valence-corrected chi connectivity index (χ1v) is 13.0. The Morgan fingerprint density at radius 1 is 1.17 bits per heavy atom. The molecule has 10 heteroatoms. The molecular weight excluding hydrogens is 465 g/mol. The van der Waals surface area contributed by atoms with Crippen LogP contribution in [0.3, 0.4) is 0 Å². The lowest BCUT2D eigenvalue weighted by atomic mass is 9.77. The van der Waals surface area contributed by atoms with Gasteiger partial charge in [0, 0.05) is 35.7 Å². The van der Waals surface area contributed by atoms with Crippen LogP contribution in [0.5, 0.6) is 5.88 Å². The molecule has 9 nitrogen and oxygen atoms in total. The van der Waals surface area contributed by atoms with Gasteiger partial charge in [-0.1, -0.05) is 0 Å². The molecule has 1 unspecified atom stereocenters. The average molecular weight is 498 g/mol. The van der Waals surface area contributed by atoms with Gasteiger partial charge < -0.3 is 19.7 Å². The van der Waals surface area contributed by atoms with Crippen LogP contribution in [0.15, 0.2) is 18.3 Å². The Morgan fingerprint density at radius 3 is 2.53 bits per heavy atom. The van der Waals surface area contributed by atoms with Crippen molar-refractivity contribution >= 4 is 11.8 Å². The summed E-state index contributed by atoms with van der Waals surface area (Å²) in [6, 6.07) is 3.29. The largest absolute Gasteiger partial charge is 0.481 e. The van der Waals surface area contributed by atoms with E-state index in [0.29, 0.717) is 18.5 Å². The maximum atomic E-state index is 14.3. The molecule has 0 radical (unpaired) electrons. The first-order valence-electron chi connectivity index (χ1n) is 13.0. The quantitative estimate of drug-likeness (QED) is 0.657. The van der Waals surface area contributed by atoms with Crippen molar-refractivity contribution in [3.63, 3.8) is 0 Å². The van der Waals surface area contributed by atoms with Gasteiger partial charge in [-0.15, -0.1) is 0 Å². The lowest BCUT2D eigenvalue weighted by Gasteiger charge is -2.47. The maximum absolute atomic E-state index is 14.3. The molecule has 1 aliphatic carbocycles. The molecular formula is C26H32FN5O4. The van der Waals surface area contributed by atoms with Crippen LogP contribution < -0.4 is 10.1 Å².